The fraction of sp³-hybridized carbons (Fsp3) is 0.857. The van der Waals surface area contributed by atoms with Gasteiger partial charge in [-0.05, 0) is 12.8 Å². The average molecular weight is 322 g/mol. The molecule has 2 atom stereocenters. The van der Waals surface area contributed by atoms with Gasteiger partial charge in [-0.15, -0.1) is 0 Å². The number of nitrogens with two attached hydrogens (primary N) is 1. The van der Waals surface area contributed by atoms with Gasteiger partial charge in [0.15, 0.2) is 0 Å². The minimum absolute atomic E-state index is 0.288. The number of primary amides is 1. The molecule has 5 nitrogen and oxygen atoms in total. The molecule has 8 heteroatoms. The summed E-state index contributed by atoms with van der Waals surface area (Å²) >= 11 is 0. The molecule has 0 spiro atoms. The van der Waals surface area contributed by atoms with E-state index in [1.165, 1.54) is 7.11 Å². The zero-order chi connectivity index (χ0) is 16.5. The van der Waals surface area contributed by atoms with Gasteiger partial charge in [0.25, 0.3) is 5.91 Å². The molecule has 2 fully saturated rings. The normalized spacial score (nSPS) is 28.6. The Labute approximate surface area is 127 Å². The Morgan fingerprint density at radius 2 is 1.77 bits per heavy atom. The van der Waals surface area contributed by atoms with Crippen LogP contribution in [0.2, 0.25) is 0 Å². The third-order valence-corrected chi connectivity index (χ3v) is 4.83. The SMILES string of the molecule is COC1(C(=O)N2C[C@@H](C(F)(F)F)[C@H](C(N)=O)C2)CCCCC1. The highest BCUT2D eigenvalue weighted by atomic mass is 19.4. The summed E-state index contributed by atoms with van der Waals surface area (Å²) in [5.74, 6) is -4.76. The van der Waals surface area contributed by atoms with Crippen molar-refractivity contribution in [2.75, 3.05) is 20.2 Å². The van der Waals surface area contributed by atoms with E-state index in [0.29, 0.717) is 12.8 Å². The van der Waals surface area contributed by atoms with Crippen LogP contribution in [0.1, 0.15) is 32.1 Å². The summed E-state index contributed by atoms with van der Waals surface area (Å²) in [5.41, 5.74) is 4.03. The maximum absolute atomic E-state index is 13.1. The van der Waals surface area contributed by atoms with E-state index in [1.807, 2.05) is 0 Å². The summed E-state index contributed by atoms with van der Waals surface area (Å²) in [6.45, 7) is -0.815. The minimum atomic E-state index is -4.55. The number of likely N-dealkylation sites (tertiary alicyclic amines) is 1. The number of alkyl halides is 3. The first-order chi connectivity index (χ1) is 10.2. The Bertz CT molecular complexity index is 447. The van der Waals surface area contributed by atoms with Crippen LogP contribution in [0, 0.1) is 11.8 Å². The van der Waals surface area contributed by atoms with E-state index in [9.17, 15) is 22.8 Å². The van der Waals surface area contributed by atoms with E-state index >= 15 is 0 Å². The number of hydrogen-bond acceptors (Lipinski definition) is 3. The number of methoxy groups -OCH3 is 1. The molecule has 0 aromatic carbocycles. The Morgan fingerprint density at radius 1 is 1.18 bits per heavy atom. The molecule has 0 radical (unpaired) electrons. The maximum atomic E-state index is 13.1. The molecule has 2 amide bonds. The quantitative estimate of drug-likeness (QED) is 0.855. The van der Waals surface area contributed by atoms with Gasteiger partial charge in [0.05, 0.1) is 11.8 Å². The summed E-state index contributed by atoms with van der Waals surface area (Å²) in [4.78, 5) is 25.1. The lowest BCUT2D eigenvalue weighted by molar-refractivity contribution is -0.183. The monoisotopic (exact) mass is 322 g/mol. The molecule has 1 aliphatic heterocycles. The molecule has 0 bridgehead atoms. The van der Waals surface area contributed by atoms with Crippen LogP contribution < -0.4 is 5.73 Å². The van der Waals surface area contributed by atoms with Crippen LogP contribution in [-0.2, 0) is 14.3 Å². The van der Waals surface area contributed by atoms with E-state index in [2.05, 4.69) is 0 Å². The Balaban J connectivity index is 2.19. The minimum Gasteiger partial charge on any atom is -0.369 e. The van der Waals surface area contributed by atoms with Gasteiger partial charge < -0.3 is 15.4 Å². The maximum Gasteiger partial charge on any atom is 0.394 e. The van der Waals surface area contributed by atoms with Gasteiger partial charge in [-0.1, -0.05) is 19.3 Å². The second-order valence-electron chi connectivity index (χ2n) is 6.13. The molecule has 2 aliphatic rings. The van der Waals surface area contributed by atoms with Crippen LogP contribution in [0.5, 0.6) is 0 Å². The van der Waals surface area contributed by atoms with E-state index in [1.54, 1.807) is 0 Å². The highest BCUT2D eigenvalue weighted by Crippen LogP contribution is 2.40. The number of carbonyl (C=O) groups is 2. The van der Waals surface area contributed by atoms with Crippen LogP contribution >= 0.6 is 0 Å². The van der Waals surface area contributed by atoms with Crippen LogP contribution in [0.15, 0.2) is 0 Å². The first-order valence-corrected chi connectivity index (χ1v) is 7.42. The smallest absolute Gasteiger partial charge is 0.369 e. The Morgan fingerprint density at radius 3 is 2.18 bits per heavy atom. The molecule has 1 saturated carbocycles. The molecule has 2 rings (SSSR count). The van der Waals surface area contributed by atoms with Crippen molar-refractivity contribution >= 4 is 11.8 Å². The van der Waals surface area contributed by atoms with Crippen LogP contribution in [0.4, 0.5) is 13.2 Å². The Hall–Kier alpha value is -1.31. The second kappa shape index (κ2) is 6.06. The van der Waals surface area contributed by atoms with Crippen molar-refractivity contribution in [1.82, 2.24) is 4.90 Å². The molecule has 2 N–H and O–H groups in total. The van der Waals surface area contributed by atoms with E-state index in [-0.39, 0.29) is 6.54 Å². The number of rotatable bonds is 3. The third-order valence-electron chi connectivity index (χ3n) is 4.83. The first kappa shape index (κ1) is 17.1. The van der Waals surface area contributed by atoms with Gasteiger partial charge in [0.1, 0.15) is 5.60 Å². The topological polar surface area (TPSA) is 72.6 Å². The van der Waals surface area contributed by atoms with Gasteiger partial charge in [0.2, 0.25) is 5.91 Å². The summed E-state index contributed by atoms with van der Waals surface area (Å²) in [7, 11) is 1.41. The zero-order valence-electron chi connectivity index (χ0n) is 12.5. The summed E-state index contributed by atoms with van der Waals surface area (Å²) in [6.07, 6.45) is -0.979. The van der Waals surface area contributed by atoms with E-state index in [4.69, 9.17) is 10.5 Å². The van der Waals surface area contributed by atoms with Crippen molar-refractivity contribution in [3.8, 4) is 0 Å². The number of amides is 2. The standard InChI is InChI=1S/C14H21F3N2O3/c1-22-13(5-3-2-4-6-13)12(21)19-7-9(11(18)20)10(8-19)14(15,16)17/h9-10H,2-8H2,1H3,(H2,18,20)/t9-,10-/m1/s1. The molecule has 1 heterocycles. The highest BCUT2D eigenvalue weighted by Gasteiger charge is 2.55. The number of hydrogen-bond donors (Lipinski definition) is 1. The molecule has 0 aromatic rings. The van der Waals surface area contributed by atoms with Crippen molar-refractivity contribution in [3.05, 3.63) is 0 Å². The van der Waals surface area contributed by atoms with E-state index < -0.39 is 42.0 Å². The lowest BCUT2D eigenvalue weighted by Gasteiger charge is -2.37. The summed E-state index contributed by atoms with van der Waals surface area (Å²) < 4.78 is 44.5. The highest BCUT2D eigenvalue weighted by molar-refractivity contribution is 5.87. The predicted octanol–water partition coefficient (Wildman–Crippen LogP) is 1.46. The summed E-state index contributed by atoms with van der Waals surface area (Å²) in [6, 6.07) is 0. The summed E-state index contributed by atoms with van der Waals surface area (Å²) in [5, 5.41) is 0. The van der Waals surface area contributed by atoms with Crippen LogP contribution in [-0.4, -0.2) is 48.7 Å². The van der Waals surface area contributed by atoms with Gasteiger partial charge in [-0.25, -0.2) is 0 Å². The number of carbonyl (C=O) groups excluding carboxylic acids is 2. The van der Waals surface area contributed by atoms with Crippen LogP contribution in [0.3, 0.4) is 0 Å². The largest absolute Gasteiger partial charge is 0.394 e. The molecule has 0 aromatic heterocycles. The van der Waals surface area contributed by atoms with Crippen LogP contribution in [0.25, 0.3) is 0 Å². The lowest BCUT2D eigenvalue weighted by Crippen LogP contribution is -2.51. The molecule has 22 heavy (non-hydrogen) atoms. The molecule has 126 valence electrons. The predicted molar refractivity (Wildman–Crippen MR) is 71.6 cm³/mol. The zero-order valence-corrected chi connectivity index (χ0v) is 12.5. The van der Waals surface area contributed by atoms with Gasteiger partial charge >= 0.3 is 6.18 Å². The molecular weight excluding hydrogens is 301 g/mol. The van der Waals surface area contributed by atoms with Crippen molar-refractivity contribution in [2.24, 2.45) is 17.6 Å². The van der Waals surface area contributed by atoms with Crippen molar-refractivity contribution in [2.45, 2.75) is 43.9 Å². The number of nitrogens with zero attached hydrogens (tertiary/aromatic N) is 1. The molecule has 1 saturated heterocycles. The Kier molecular flexibility index (Phi) is 4.70. The number of halogens is 3. The third kappa shape index (κ3) is 3.06. The molecular formula is C14H21F3N2O3. The van der Waals surface area contributed by atoms with E-state index in [0.717, 1.165) is 24.2 Å². The van der Waals surface area contributed by atoms with Gasteiger partial charge in [-0.3, -0.25) is 9.59 Å². The molecule has 0 unspecified atom stereocenters. The fourth-order valence-electron chi connectivity index (χ4n) is 3.51. The van der Waals surface area contributed by atoms with Crippen molar-refractivity contribution in [1.29, 1.82) is 0 Å². The van der Waals surface area contributed by atoms with Gasteiger partial charge in [-0.2, -0.15) is 13.2 Å². The molecule has 1 aliphatic carbocycles. The van der Waals surface area contributed by atoms with Crippen molar-refractivity contribution in [3.63, 3.8) is 0 Å². The second-order valence-corrected chi connectivity index (χ2v) is 6.13. The fourth-order valence-corrected chi connectivity index (χ4v) is 3.51. The first-order valence-electron chi connectivity index (χ1n) is 7.42. The van der Waals surface area contributed by atoms with Crippen molar-refractivity contribution < 1.29 is 27.5 Å². The van der Waals surface area contributed by atoms with Gasteiger partial charge in [0, 0.05) is 20.2 Å². The average Bonchev–Trinajstić information content (AvgIpc) is 2.92. The number of ether oxygens (including phenoxy) is 1. The lowest BCUT2D eigenvalue weighted by atomic mass is 9.83.